The molecule has 0 heterocycles. The van der Waals surface area contributed by atoms with E-state index in [2.05, 4.69) is 5.32 Å². The molecule has 1 fully saturated rings. The Morgan fingerprint density at radius 2 is 1.95 bits per heavy atom. The molecule has 0 unspecified atom stereocenters. The zero-order chi connectivity index (χ0) is 15.0. The second kappa shape index (κ2) is 5.28. The number of carbonyl (C=O) groups excluding carboxylic acids is 1. The van der Waals surface area contributed by atoms with Crippen molar-refractivity contribution in [2.24, 2.45) is 0 Å². The lowest BCUT2D eigenvalue weighted by molar-refractivity contribution is -0.119. The molecule has 0 aliphatic heterocycles. The van der Waals surface area contributed by atoms with E-state index in [0.29, 0.717) is 5.92 Å². The molecule has 0 aromatic heterocycles. The quantitative estimate of drug-likeness (QED) is 0.939. The van der Waals surface area contributed by atoms with Gasteiger partial charge in [-0.2, -0.15) is 0 Å². The van der Waals surface area contributed by atoms with Crippen LogP contribution in [0.2, 0.25) is 0 Å². The van der Waals surface area contributed by atoms with Gasteiger partial charge in [-0.1, -0.05) is 12.1 Å². The van der Waals surface area contributed by atoms with Crippen LogP contribution in [-0.2, 0) is 4.79 Å². The molecular weight excluding hydrogens is 266 g/mol. The highest BCUT2D eigenvalue weighted by molar-refractivity contribution is 5.90. The van der Waals surface area contributed by atoms with Gasteiger partial charge in [0.1, 0.15) is 11.5 Å². The second-order valence-electron chi connectivity index (χ2n) is 5.42. The van der Waals surface area contributed by atoms with Crippen LogP contribution in [0, 0.1) is 0 Å². The molecule has 1 aliphatic rings. The van der Waals surface area contributed by atoms with E-state index in [0.717, 1.165) is 34.3 Å². The predicted octanol–water partition coefficient (Wildman–Crippen LogP) is 2.85. The minimum atomic E-state index is 0.0132. The lowest BCUT2D eigenvalue weighted by Crippen LogP contribution is -2.23. The first kappa shape index (κ1) is 13.7. The summed E-state index contributed by atoms with van der Waals surface area (Å²) in [5.41, 5.74) is 1.16. The maximum absolute atomic E-state index is 11.2. The molecule has 21 heavy (non-hydrogen) atoms. The maximum Gasteiger partial charge on any atom is 0.217 e. The van der Waals surface area contributed by atoms with Crippen molar-refractivity contribution in [3.8, 4) is 11.5 Å². The highest BCUT2D eigenvalue weighted by Crippen LogP contribution is 2.48. The van der Waals surface area contributed by atoms with Gasteiger partial charge >= 0.3 is 0 Å². The molecule has 1 aliphatic carbocycles. The summed E-state index contributed by atoms with van der Waals surface area (Å²) in [6, 6.07) is 10.3. The fourth-order valence-corrected chi connectivity index (χ4v) is 2.92. The van der Waals surface area contributed by atoms with Crippen LogP contribution in [0.4, 0.5) is 0 Å². The minimum Gasteiger partial charge on any atom is -0.497 e. The van der Waals surface area contributed by atoms with Gasteiger partial charge in [-0.15, -0.1) is 0 Å². The van der Waals surface area contributed by atoms with Crippen molar-refractivity contribution in [2.75, 3.05) is 14.2 Å². The average Bonchev–Trinajstić information content (AvgIpc) is 3.23. The van der Waals surface area contributed by atoms with E-state index in [9.17, 15) is 4.79 Å². The molecule has 0 bridgehead atoms. The third-order valence-corrected chi connectivity index (χ3v) is 4.00. The van der Waals surface area contributed by atoms with Crippen LogP contribution in [0.5, 0.6) is 11.5 Å². The van der Waals surface area contributed by atoms with Gasteiger partial charge in [0.2, 0.25) is 5.91 Å². The molecule has 2 atom stereocenters. The van der Waals surface area contributed by atoms with Gasteiger partial charge in [0, 0.05) is 24.4 Å². The first-order valence-corrected chi connectivity index (χ1v) is 7.05. The first-order valence-electron chi connectivity index (χ1n) is 7.05. The summed E-state index contributed by atoms with van der Waals surface area (Å²) >= 11 is 0. The monoisotopic (exact) mass is 285 g/mol. The van der Waals surface area contributed by atoms with Crippen LogP contribution in [0.25, 0.3) is 10.8 Å². The number of ether oxygens (including phenoxy) is 2. The summed E-state index contributed by atoms with van der Waals surface area (Å²) in [5.74, 6) is 2.02. The van der Waals surface area contributed by atoms with Crippen molar-refractivity contribution in [1.82, 2.24) is 5.32 Å². The van der Waals surface area contributed by atoms with E-state index < -0.39 is 0 Å². The minimum absolute atomic E-state index is 0.0132. The first-order chi connectivity index (χ1) is 10.1. The molecule has 2 aromatic rings. The largest absolute Gasteiger partial charge is 0.497 e. The van der Waals surface area contributed by atoms with Crippen LogP contribution in [0.1, 0.15) is 24.8 Å². The molecule has 110 valence electrons. The fourth-order valence-electron chi connectivity index (χ4n) is 2.92. The van der Waals surface area contributed by atoms with Gasteiger partial charge in [0.05, 0.1) is 14.2 Å². The zero-order valence-corrected chi connectivity index (χ0v) is 12.5. The van der Waals surface area contributed by atoms with Crippen LogP contribution >= 0.6 is 0 Å². The van der Waals surface area contributed by atoms with Crippen molar-refractivity contribution < 1.29 is 14.3 Å². The molecule has 0 saturated heterocycles. The predicted molar refractivity (Wildman–Crippen MR) is 82.0 cm³/mol. The topological polar surface area (TPSA) is 47.6 Å². The summed E-state index contributed by atoms with van der Waals surface area (Å²) in [4.78, 5) is 11.2. The molecule has 1 N–H and O–H groups in total. The zero-order valence-electron chi connectivity index (χ0n) is 12.5. The Hall–Kier alpha value is -2.23. The van der Waals surface area contributed by atoms with Crippen molar-refractivity contribution >= 4 is 16.7 Å². The lowest BCUT2D eigenvalue weighted by Gasteiger charge is -2.13. The number of amides is 1. The summed E-state index contributed by atoms with van der Waals surface area (Å²) < 4.78 is 10.9. The number of methoxy groups -OCH3 is 2. The van der Waals surface area contributed by atoms with Crippen molar-refractivity contribution in [1.29, 1.82) is 0 Å². The van der Waals surface area contributed by atoms with Crippen LogP contribution in [0.15, 0.2) is 30.3 Å². The molecule has 4 heteroatoms. The summed E-state index contributed by atoms with van der Waals surface area (Å²) in [6.45, 7) is 1.55. The van der Waals surface area contributed by atoms with Gasteiger partial charge in [0.15, 0.2) is 0 Å². The van der Waals surface area contributed by atoms with E-state index in [4.69, 9.17) is 9.47 Å². The van der Waals surface area contributed by atoms with E-state index in [1.54, 1.807) is 21.1 Å². The third-order valence-electron chi connectivity index (χ3n) is 4.00. The smallest absolute Gasteiger partial charge is 0.217 e. The summed E-state index contributed by atoms with van der Waals surface area (Å²) in [5, 5.41) is 5.27. The third kappa shape index (κ3) is 2.53. The standard InChI is InChI=1S/C17H19NO3/c1-10(19)18-15-9-14(15)17-13-8-12(20-2)6-4-11(13)5-7-16(17)21-3/h4-8,14-15H,9H2,1-3H3,(H,18,19)/t14-,15-/m1/s1. The van der Waals surface area contributed by atoms with Gasteiger partial charge in [-0.05, 0) is 35.4 Å². The van der Waals surface area contributed by atoms with E-state index >= 15 is 0 Å². The van der Waals surface area contributed by atoms with Gasteiger partial charge in [-0.3, -0.25) is 4.79 Å². The number of rotatable bonds is 4. The van der Waals surface area contributed by atoms with Crippen LogP contribution in [-0.4, -0.2) is 26.2 Å². The van der Waals surface area contributed by atoms with Gasteiger partial charge in [-0.25, -0.2) is 0 Å². The molecular formula is C17H19NO3. The van der Waals surface area contributed by atoms with E-state index in [1.807, 2.05) is 30.3 Å². The molecule has 0 radical (unpaired) electrons. The summed E-state index contributed by atoms with van der Waals surface area (Å²) in [6.07, 6.45) is 0.951. The number of carbonyl (C=O) groups is 1. The Kier molecular flexibility index (Phi) is 3.45. The average molecular weight is 285 g/mol. The Morgan fingerprint density at radius 1 is 1.19 bits per heavy atom. The molecule has 1 amide bonds. The normalized spacial score (nSPS) is 20.1. The molecule has 0 spiro atoms. The number of hydrogen-bond acceptors (Lipinski definition) is 3. The number of nitrogens with one attached hydrogen (secondary N) is 1. The Bertz CT molecular complexity index is 690. The van der Waals surface area contributed by atoms with E-state index in [1.165, 1.54) is 0 Å². The lowest BCUT2D eigenvalue weighted by atomic mass is 9.99. The molecule has 3 rings (SSSR count). The number of fused-ring (bicyclic) bond motifs is 1. The maximum atomic E-state index is 11.2. The van der Waals surface area contributed by atoms with Crippen LogP contribution in [0.3, 0.4) is 0 Å². The fraction of sp³-hybridized carbons (Fsp3) is 0.353. The van der Waals surface area contributed by atoms with Crippen molar-refractivity contribution in [3.05, 3.63) is 35.9 Å². The molecule has 1 saturated carbocycles. The number of benzene rings is 2. The molecule has 2 aromatic carbocycles. The Labute approximate surface area is 124 Å². The van der Waals surface area contributed by atoms with Crippen LogP contribution < -0.4 is 14.8 Å². The SMILES string of the molecule is COc1ccc2ccc(OC)c([C@@H]3C[C@H]3NC(C)=O)c2c1. The number of hydrogen-bond donors (Lipinski definition) is 1. The van der Waals surface area contributed by atoms with Crippen molar-refractivity contribution in [3.63, 3.8) is 0 Å². The van der Waals surface area contributed by atoms with E-state index in [-0.39, 0.29) is 11.9 Å². The Morgan fingerprint density at radius 3 is 2.62 bits per heavy atom. The molecule has 4 nitrogen and oxygen atoms in total. The summed E-state index contributed by atoms with van der Waals surface area (Å²) in [7, 11) is 3.35. The van der Waals surface area contributed by atoms with Gasteiger partial charge < -0.3 is 14.8 Å². The Balaban J connectivity index is 2.08. The highest BCUT2D eigenvalue weighted by Gasteiger charge is 2.41. The second-order valence-corrected chi connectivity index (χ2v) is 5.42. The highest BCUT2D eigenvalue weighted by atomic mass is 16.5. The van der Waals surface area contributed by atoms with Crippen molar-refractivity contribution in [2.45, 2.75) is 25.3 Å². The van der Waals surface area contributed by atoms with Gasteiger partial charge in [0.25, 0.3) is 0 Å².